The van der Waals surface area contributed by atoms with E-state index < -0.39 is 11.7 Å². The molecular formula is C16H23BrO3. The fraction of sp³-hybridized carbons (Fsp3) is 0.562. The second-order valence-corrected chi connectivity index (χ2v) is 7.05. The fourth-order valence-corrected chi connectivity index (χ4v) is 2.08. The molecule has 1 atom stereocenters. The molecule has 0 aliphatic rings. The Balaban J connectivity index is 2.85. The summed E-state index contributed by atoms with van der Waals surface area (Å²) in [5, 5.41) is 0. The summed E-state index contributed by atoms with van der Waals surface area (Å²) in [7, 11) is 0. The van der Waals surface area contributed by atoms with Gasteiger partial charge < -0.3 is 9.47 Å². The smallest absolute Gasteiger partial charge is 0.347 e. The van der Waals surface area contributed by atoms with Crippen molar-refractivity contribution in [3.8, 4) is 5.75 Å². The monoisotopic (exact) mass is 342 g/mol. The molecule has 112 valence electrons. The van der Waals surface area contributed by atoms with Gasteiger partial charge in [-0.1, -0.05) is 29.8 Å². The third-order valence-electron chi connectivity index (χ3n) is 2.64. The average Bonchev–Trinajstić information content (AvgIpc) is 2.28. The molecule has 0 radical (unpaired) electrons. The van der Waals surface area contributed by atoms with E-state index in [2.05, 4.69) is 29.8 Å². The predicted molar refractivity (Wildman–Crippen MR) is 84.2 cm³/mol. The topological polar surface area (TPSA) is 35.5 Å². The number of rotatable bonds is 4. The highest BCUT2D eigenvalue weighted by atomic mass is 79.9. The molecule has 3 nitrogen and oxygen atoms in total. The Kier molecular flexibility index (Phi) is 5.63. The Hall–Kier alpha value is -1.03. The molecule has 0 N–H and O–H groups in total. The van der Waals surface area contributed by atoms with Gasteiger partial charge in [0.2, 0.25) is 0 Å². The number of hydrogen-bond acceptors (Lipinski definition) is 3. The van der Waals surface area contributed by atoms with Crippen molar-refractivity contribution in [2.24, 2.45) is 0 Å². The summed E-state index contributed by atoms with van der Waals surface area (Å²) in [5.41, 5.74) is 0.560. The van der Waals surface area contributed by atoms with Gasteiger partial charge in [0, 0.05) is 4.47 Å². The van der Waals surface area contributed by atoms with Gasteiger partial charge in [0.05, 0.1) is 0 Å². The Morgan fingerprint density at radius 1 is 1.20 bits per heavy atom. The SMILES string of the molecule is CC(Oc1ccc(Br)cc1C(C)C)C(=O)OC(C)(C)C. The zero-order chi connectivity index (χ0) is 15.5. The van der Waals surface area contributed by atoms with Crippen molar-refractivity contribution in [2.45, 2.75) is 59.2 Å². The maximum Gasteiger partial charge on any atom is 0.347 e. The maximum atomic E-state index is 12.0. The van der Waals surface area contributed by atoms with E-state index in [-0.39, 0.29) is 5.97 Å². The van der Waals surface area contributed by atoms with Crippen molar-refractivity contribution in [3.63, 3.8) is 0 Å². The molecule has 0 aliphatic heterocycles. The molecule has 20 heavy (non-hydrogen) atoms. The van der Waals surface area contributed by atoms with E-state index in [0.29, 0.717) is 5.92 Å². The van der Waals surface area contributed by atoms with Crippen molar-refractivity contribution in [2.75, 3.05) is 0 Å². The summed E-state index contributed by atoms with van der Waals surface area (Å²) in [4.78, 5) is 12.0. The van der Waals surface area contributed by atoms with Crippen LogP contribution in [0.15, 0.2) is 22.7 Å². The van der Waals surface area contributed by atoms with Crippen molar-refractivity contribution in [1.82, 2.24) is 0 Å². The van der Waals surface area contributed by atoms with Gasteiger partial charge in [0.1, 0.15) is 11.4 Å². The lowest BCUT2D eigenvalue weighted by Gasteiger charge is -2.23. The summed E-state index contributed by atoms with van der Waals surface area (Å²) in [5.74, 6) is 0.685. The third-order valence-corrected chi connectivity index (χ3v) is 3.13. The molecule has 4 heteroatoms. The number of carbonyl (C=O) groups is 1. The van der Waals surface area contributed by atoms with E-state index in [4.69, 9.17) is 9.47 Å². The lowest BCUT2D eigenvalue weighted by Crippen LogP contribution is -2.33. The average molecular weight is 343 g/mol. The molecular weight excluding hydrogens is 320 g/mol. The fourth-order valence-electron chi connectivity index (χ4n) is 1.70. The molecule has 0 fully saturated rings. The normalized spacial score (nSPS) is 13.2. The summed E-state index contributed by atoms with van der Waals surface area (Å²) in [6.45, 7) is 11.4. The van der Waals surface area contributed by atoms with Crippen LogP contribution in [0.5, 0.6) is 5.75 Å². The third kappa shape index (κ3) is 5.16. The number of benzene rings is 1. The summed E-state index contributed by atoms with van der Waals surface area (Å²) >= 11 is 3.45. The first-order valence-electron chi connectivity index (χ1n) is 6.79. The van der Waals surface area contributed by atoms with Gasteiger partial charge in [-0.05, 0) is 57.4 Å². The molecule has 1 aromatic rings. The van der Waals surface area contributed by atoms with Gasteiger partial charge in [-0.2, -0.15) is 0 Å². The second kappa shape index (κ2) is 6.61. The quantitative estimate of drug-likeness (QED) is 0.745. The molecule has 1 unspecified atom stereocenters. The highest BCUT2D eigenvalue weighted by Gasteiger charge is 2.24. The van der Waals surface area contributed by atoms with E-state index in [1.165, 1.54) is 0 Å². The number of hydrogen-bond donors (Lipinski definition) is 0. The van der Waals surface area contributed by atoms with Gasteiger partial charge in [-0.3, -0.25) is 0 Å². The van der Waals surface area contributed by atoms with Crippen LogP contribution < -0.4 is 4.74 Å². The molecule has 0 spiro atoms. The number of ether oxygens (including phenoxy) is 2. The van der Waals surface area contributed by atoms with Gasteiger partial charge >= 0.3 is 5.97 Å². The highest BCUT2D eigenvalue weighted by Crippen LogP contribution is 2.30. The maximum absolute atomic E-state index is 12.0. The van der Waals surface area contributed by atoms with Crippen molar-refractivity contribution < 1.29 is 14.3 Å². The Labute approximate surface area is 129 Å². The van der Waals surface area contributed by atoms with Crippen molar-refractivity contribution >= 4 is 21.9 Å². The lowest BCUT2D eigenvalue weighted by molar-refractivity contribution is -0.162. The van der Waals surface area contributed by atoms with Gasteiger partial charge in [0.25, 0.3) is 0 Å². The molecule has 0 aromatic heterocycles. The van der Waals surface area contributed by atoms with E-state index in [1.807, 2.05) is 39.0 Å². The molecule has 0 heterocycles. The largest absolute Gasteiger partial charge is 0.479 e. The van der Waals surface area contributed by atoms with E-state index in [0.717, 1.165) is 15.8 Å². The van der Waals surface area contributed by atoms with Crippen LogP contribution >= 0.6 is 15.9 Å². The van der Waals surface area contributed by atoms with Crippen LogP contribution in [0.25, 0.3) is 0 Å². The Bertz CT molecular complexity index is 475. The standard InChI is InChI=1S/C16H23BrO3/c1-10(2)13-9-12(17)7-8-14(13)19-11(3)15(18)20-16(4,5)6/h7-11H,1-6H3. The summed E-state index contributed by atoms with van der Waals surface area (Å²) in [6.07, 6.45) is -0.632. The molecule has 1 aromatic carbocycles. The molecule has 0 saturated carbocycles. The van der Waals surface area contributed by atoms with Gasteiger partial charge in [-0.25, -0.2) is 4.79 Å². The van der Waals surface area contributed by atoms with E-state index >= 15 is 0 Å². The highest BCUT2D eigenvalue weighted by molar-refractivity contribution is 9.10. The number of esters is 1. The molecule has 0 saturated heterocycles. The zero-order valence-corrected chi connectivity index (χ0v) is 14.6. The van der Waals surface area contributed by atoms with Crippen LogP contribution in [-0.4, -0.2) is 17.7 Å². The van der Waals surface area contributed by atoms with Gasteiger partial charge in [-0.15, -0.1) is 0 Å². The van der Waals surface area contributed by atoms with Gasteiger partial charge in [0.15, 0.2) is 6.10 Å². The molecule has 1 rings (SSSR count). The van der Waals surface area contributed by atoms with Crippen LogP contribution in [0.1, 0.15) is 53.0 Å². The Morgan fingerprint density at radius 3 is 2.30 bits per heavy atom. The minimum Gasteiger partial charge on any atom is -0.479 e. The lowest BCUT2D eigenvalue weighted by atomic mass is 10.0. The van der Waals surface area contributed by atoms with Crippen LogP contribution in [0.4, 0.5) is 0 Å². The minimum atomic E-state index is -0.632. The minimum absolute atomic E-state index is 0.313. The van der Waals surface area contributed by atoms with E-state index in [1.54, 1.807) is 6.92 Å². The van der Waals surface area contributed by atoms with Crippen LogP contribution in [-0.2, 0) is 9.53 Å². The predicted octanol–water partition coefficient (Wildman–Crippen LogP) is 4.68. The van der Waals surface area contributed by atoms with Crippen molar-refractivity contribution in [1.29, 1.82) is 0 Å². The molecule has 0 aliphatic carbocycles. The second-order valence-electron chi connectivity index (χ2n) is 6.13. The summed E-state index contributed by atoms with van der Waals surface area (Å²) < 4.78 is 12.1. The van der Waals surface area contributed by atoms with Crippen LogP contribution in [0.2, 0.25) is 0 Å². The number of carbonyl (C=O) groups excluding carboxylic acids is 1. The van der Waals surface area contributed by atoms with Crippen molar-refractivity contribution in [3.05, 3.63) is 28.2 Å². The molecule has 0 bridgehead atoms. The molecule has 0 amide bonds. The first-order valence-corrected chi connectivity index (χ1v) is 7.58. The van der Waals surface area contributed by atoms with Crippen LogP contribution in [0, 0.1) is 0 Å². The first-order chi connectivity index (χ1) is 9.10. The van der Waals surface area contributed by atoms with Crippen LogP contribution in [0.3, 0.4) is 0 Å². The first kappa shape index (κ1) is 17.0. The van der Waals surface area contributed by atoms with E-state index in [9.17, 15) is 4.79 Å². The Morgan fingerprint density at radius 2 is 1.80 bits per heavy atom. The zero-order valence-electron chi connectivity index (χ0n) is 13.0. The number of halogens is 1. The summed E-state index contributed by atoms with van der Waals surface area (Å²) in [6, 6.07) is 5.80.